The molecule has 1 N–H and O–H groups in total. The molecule has 1 aromatic heterocycles. The van der Waals surface area contributed by atoms with Crippen LogP contribution >= 0.6 is 24.8 Å². The van der Waals surface area contributed by atoms with Gasteiger partial charge in [-0.2, -0.15) is 0 Å². The van der Waals surface area contributed by atoms with Gasteiger partial charge in [0.25, 0.3) is 0 Å². The molecule has 0 saturated carbocycles. The van der Waals surface area contributed by atoms with Crippen molar-refractivity contribution in [1.82, 2.24) is 15.2 Å². The molecule has 20 heavy (non-hydrogen) atoms. The molecule has 0 spiro atoms. The summed E-state index contributed by atoms with van der Waals surface area (Å²) in [6, 6.07) is 4.20. The predicted molar refractivity (Wildman–Crippen MR) is 83.4 cm³/mol. The van der Waals surface area contributed by atoms with E-state index in [0.29, 0.717) is 0 Å². The Hall–Kier alpha value is -0.400. The van der Waals surface area contributed by atoms with Crippen molar-refractivity contribution in [3.8, 4) is 0 Å². The van der Waals surface area contributed by atoms with Crippen molar-refractivity contribution in [3.05, 3.63) is 30.1 Å². The van der Waals surface area contributed by atoms with E-state index in [2.05, 4.69) is 15.2 Å². The van der Waals surface area contributed by atoms with E-state index in [-0.39, 0.29) is 48.4 Å². The molecule has 3 heterocycles. The van der Waals surface area contributed by atoms with Crippen LogP contribution < -0.4 is 5.32 Å². The molecule has 2 aliphatic rings. The lowest BCUT2D eigenvalue weighted by atomic mass is 10.1. The van der Waals surface area contributed by atoms with Gasteiger partial charge in [0.2, 0.25) is 0 Å². The summed E-state index contributed by atoms with van der Waals surface area (Å²) >= 11 is 0. The van der Waals surface area contributed by atoms with Crippen molar-refractivity contribution >= 4 is 34.7 Å². The maximum absolute atomic E-state index is 11.7. The van der Waals surface area contributed by atoms with Crippen LogP contribution in [-0.2, 0) is 16.4 Å². The molecule has 3 rings (SSSR count). The first kappa shape index (κ1) is 17.7. The minimum atomic E-state index is -2.87. The third kappa shape index (κ3) is 3.83. The topological polar surface area (TPSA) is 62.3 Å². The van der Waals surface area contributed by atoms with Gasteiger partial charge in [-0.1, -0.05) is 0 Å². The number of nitrogens with zero attached hydrogens (tertiary/aromatic N) is 2. The van der Waals surface area contributed by atoms with Gasteiger partial charge in [0, 0.05) is 44.1 Å². The molecular weight excluding hydrogens is 321 g/mol. The fraction of sp³-hybridized carbons (Fsp3) is 0.583. The number of aromatic nitrogens is 1. The van der Waals surface area contributed by atoms with Crippen LogP contribution in [0, 0.1) is 0 Å². The van der Waals surface area contributed by atoms with Gasteiger partial charge in [-0.05, 0) is 17.7 Å². The lowest BCUT2D eigenvalue weighted by Gasteiger charge is -2.37. The minimum Gasteiger partial charge on any atom is -0.310 e. The standard InChI is InChI=1S/C12H17N3O2S.2ClH/c16-18(17)8-11-12(9-18)15(6-5-14-11)7-10-1-3-13-4-2-10;;/h1-4,11-12,14H,5-9H2;2*1H/t11-,12+;;/m0../s1. The monoisotopic (exact) mass is 339 g/mol. The summed E-state index contributed by atoms with van der Waals surface area (Å²) in [5, 5.41) is 3.32. The van der Waals surface area contributed by atoms with E-state index in [1.807, 2.05) is 12.1 Å². The summed E-state index contributed by atoms with van der Waals surface area (Å²) in [4.78, 5) is 6.28. The molecule has 2 fully saturated rings. The average Bonchev–Trinajstić information content (AvgIpc) is 2.66. The van der Waals surface area contributed by atoms with Crippen molar-refractivity contribution < 1.29 is 8.42 Å². The quantitative estimate of drug-likeness (QED) is 0.849. The number of fused-ring (bicyclic) bond motifs is 1. The van der Waals surface area contributed by atoms with Crippen molar-refractivity contribution in [3.63, 3.8) is 0 Å². The Kier molecular flexibility index (Phi) is 6.22. The second-order valence-corrected chi connectivity index (χ2v) is 7.18. The van der Waals surface area contributed by atoms with Crippen molar-refractivity contribution in [1.29, 1.82) is 0 Å². The number of halogens is 2. The highest BCUT2D eigenvalue weighted by atomic mass is 35.5. The Morgan fingerprint density at radius 2 is 1.95 bits per heavy atom. The molecule has 114 valence electrons. The first-order valence-corrected chi connectivity index (χ1v) is 8.03. The van der Waals surface area contributed by atoms with Gasteiger partial charge < -0.3 is 5.32 Å². The second kappa shape index (κ2) is 7.04. The summed E-state index contributed by atoms with van der Waals surface area (Å²) in [7, 11) is -2.87. The van der Waals surface area contributed by atoms with E-state index in [4.69, 9.17) is 0 Å². The smallest absolute Gasteiger partial charge is 0.153 e. The zero-order chi connectivity index (χ0) is 12.6. The van der Waals surface area contributed by atoms with E-state index in [9.17, 15) is 8.42 Å². The molecule has 0 radical (unpaired) electrons. The molecule has 1 aromatic rings. The molecule has 2 atom stereocenters. The summed E-state index contributed by atoms with van der Waals surface area (Å²) in [6.45, 7) is 2.57. The second-order valence-electron chi connectivity index (χ2n) is 5.03. The van der Waals surface area contributed by atoms with Gasteiger partial charge in [0.05, 0.1) is 11.5 Å². The Morgan fingerprint density at radius 1 is 1.25 bits per heavy atom. The Labute approximate surface area is 131 Å². The van der Waals surface area contributed by atoms with Gasteiger partial charge in [0.1, 0.15) is 0 Å². The third-order valence-corrected chi connectivity index (χ3v) is 5.45. The summed E-state index contributed by atoms with van der Waals surface area (Å²) < 4.78 is 23.4. The van der Waals surface area contributed by atoms with Crippen LogP contribution in [0.3, 0.4) is 0 Å². The summed E-state index contributed by atoms with van der Waals surface area (Å²) in [6.07, 6.45) is 3.56. The van der Waals surface area contributed by atoms with Gasteiger partial charge in [-0.3, -0.25) is 9.88 Å². The molecule has 0 unspecified atom stereocenters. The Morgan fingerprint density at radius 3 is 2.65 bits per heavy atom. The molecule has 0 aromatic carbocycles. The summed E-state index contributed by atoms with van der Waals surface area (Å²) in [5.41, 5.74) is 1.19. The lowest BCUT2D eigenvalue weighted by Crippen LogP contribution is -2.56. The molecule has 0 bridgehead atoms. The highest BCUT2D eigenvalue weighted by Gasteiger charge is 2.42. The molecule has 5 nitrogen and oxygen atoms in total. The minimum absolute atomic E-state index is 0. The number of sulfone groups is 1. The van der Waals surface area contributed by atoms with Crippen LogP contribution in [0.25, 0.3) is 0 Å². The number of nitrogens with one attached hydrogen (secondary N) is 1. The van der Waals surface area contributed by atoms with Crippen LogP contribution in [0.15, 0.2) is 24.5 Å². The molecular formula is C12H19Cl2N3O2S. The fourth-order valence-electron chi connectivity index (χ4n) is 2.86. The zero-order valence-corrected chi connectivity index (χ0v) is 13.4. The predicted octanol–water partition coefficient (Wildman–Crippen LogP) is 0.496. The highest BCUT2D eigenvalue weighted by Crippen LogP contribution is 2.22. The zero-order valence-electron chi connectivity index (χ0n) is 10.9. The van der Waals surface area contributed by atoms with Gasteiger partial charge in [-0.25, -0.2) is 8.42 Å². The number of piperazine rings is 1. The van der Waals surface area contributed by atoms with E-state index in [1.165, 1.54) is 5.56 Å². The first-order chi connectivity index (χ1) is 8.64. The maximum Gasteiger partial charge on any atom is 0.153 e. The number of hydrogen-bond donors (Lipinski definition) is 1. The molecule has 8 heteroatoms. The maximum atomic E-state index is 11.7. The van der Waals surface area contributed by atoms with E-state index in [0.717, 1.165) is 19.6 Å². The average molecular weight is 340 g/mol. The van der Waals surface area contributed by atoms with Crippen LogP contribution in [0.5, 0.6) is 0 Å². The summed E-state index contributed by atoms with van der Waals surface area (Å²) in [5.74, 6) is 0.570. The molecule has 2 aliphatic heterocycles. The van der Waals surface area contributed by atoms with Gasteiger partial charge in [-0.15, -0.1) is 24.8 Å². The molecule has 0 aliphatic carbocycles. The number of pyridine rings is 1. The van der Waals surface area contributed by atoms with Crippen molar-refractivity contribution in [2.24, 2.45) is 0 Å². The number of hydrogen-bond acceptors (Lipinski definition) is 5. The lowest BCUT2D eigenvalue weighted by molar-refractivity contribution is 0.141. The first-order valence-electron chi connectivity index (χ1n) is 6.21. The molecule has 0 amide bonds. The fourth-order valence-corrected chi connectivity index (χ4v) is 4.85. The van der Waals surface area contributed by atoms with Crippen molar-refractivity contribution in [2.45, 2.75) is 18.6 Å². The largest absolute Gasteiger partial charge is 0.310 e. The third-order valence-electron chi connectivity index (χ3n) is 3.73. The highest BCUT2D eigenvalue weighted by molar-refractivity contribution is 7.91. The van der Waals surface area contributed by atoms with Crippen LogP contribution in [0.1, 0.15) is 5.56 Å². The van der Waals surface area contributed by atoms with E-state index >= 15 is 0 Å². The Bertz CT molecular complexity index is 527. The van der Waals surface area contributed by atoms with E-state index < -0.39 is 9.84 Å². The molecule has 2 saturated heterocycles. The Balaban J connectivity index is 0.000001000. The van der Waals surface area contributed by atoms with Crippen LogP contribution in [-0.4, -0.2) is 55.0 Å². The normalized spacial score (nSPS) is 28.0. The van der Waals surface area contributed by atoms with E-state index in [1.54, 1.807) is 12.4 Å². The number of rotatable bonds is 2. The SMILES string of the molecule is Cl.Cl.O=S1(=O)C[C@@H]2NCCN(Cc3ccncc3)[C@@H]2C1. The van der Waals surface area contributed by atoms with Crippen LogP contribution in [0.2, 0.25) is 0 Å². The van der Waals surface area contributed by atoms with Gasteiger partial charge >= 0.3 is 0 Å². The van der Waals surface area contributed by atoms with Gasteiger partial charge in [0.15, 0.2) is 9.84 Å². The van der Waals surface area contributed by atoms with Crippen molar-refractivity contribution in [2.75, 3.05) is 24.6 Å². The van der Waals surface area contributed by atoms with Crippen LogP contribution in [0.4, 0.5) is 0 Å².